The number of anilines is 1. The molecular weight excluding hydrogens is 341 g/mol. The molecule has 0 spiro atoms. The van der Waals surface area contributed by atoms with E-state index in [9.17, 15) is 4.39 Å². The van der Waals surface area contributed by atoms with E-state index in [0.717, 1.165) is 28.6 Å². The molecule has 0 saturated heterocycles. The summed E-state index contributed by atoms with van der Waals surface area (Å²) in [5.41, 5.74) is 1.76. The fraction of sp³-hybridized carbons (Fsp3) is 0.250. The smallest absolute Gasteiger partial charge is 0.126 e. The van der Waals surface area contributed by atoms with Crippen molar-refractivity contribution >= 4 is 33.2 Å². The SMILES string of the molecule is Fc1ccccc1C1CC(Nc2ccc(Br)cc2Cl)C1. The van der Waals surface area contributed by atoms with Gasteiger partial charge in [-0.15, -0.1) is 0 Å². The van der Waals surface area contributed by atoms with Crippen molar-refractivity contribution in [1.29, 1.82) is 0 Å². The van der Waals surface area contributed by atoms with Crippen LogP contribution in [0.3, 0.4) is 0 Å². The van der Waals surface area contributed by atoms with E-state index in [2.05, 4.69) is 21.2 Å². The first kappa shape index (κ1) is 13.9. The van der Waals surface area contributed by atoms with Gasteiger partial charge in [0.25, 0.3) is 0 Å². The van der Waals surface area contributed by atoms with Gasteiger partial charge in [0, 0.05) is 10.5 Å². The van der Waals surface area contributed by atoms with Gasteiger partial charge in [-0.3, -0.25) is 0 Å². The van der Waals surface area contributed by atoms with Gasteiger partial charge in [-0.2, -0.15) is 0 Å². The second-order valence-corrected chi connectivity index (χ2v) is 6.48. The number of nitrogens with one attached hydrogen (secondary N) is 1. The highest BCUT2D eigenvalue weighted by Crippen LogP contribution is 2.40. The Morgan fingerprint density at radius 3 is 2.60 bits per heavy atom. The summed E-state index contributed by atoms with van der Waals surface area (Å²) in [7, 11) is 0. The van der Waals surface area contributed by atoms with Crippen molar-refractivity contribution in [2.75, 3.05) is 5.32 Å². The third-order valence-electron chi connectivity index (χ3n) is 3.77. The van der Waals surface area contributed by atoms with E-state index in [0.29, 0.717) is 17.0 Å². The number of hydrogen-bond acceptors (Lipinski definition) is 1. The molecule has 1 saturated carbocycles. The van der Waals surface area contributed by atoms with Gasteiger partial charge in [-0.05, 0) is 48.6 Å². The zero-order valence-electron chi connectivity index (χ0n) is 10.7. The minimum atomic E-state index is -0.0994. The predicted octanol–water partition coefficient (Wildman–Crippen LogP) is 5.60. The maximum absolute atomic E-state index is 13.7. The maximum Gasteiger partial charge on any atom is 0.126 e. The molecule has 4 heteroatoms. The molecule has 0 aliphatic heterocycles. The van der Waals surface area contributed by atoms with Gasteiger partial charge in [0.05, 0.1) is 10.7 Å². The fourth-order valence-corrected chi connectivity index (χ4v) is 3.35. The lowest BCUT2D eigenvalue weighted by Crippen LogP contribution is -2.34. The molecule has 1 fully saturated rings. The average molecular weight is 355 g/mol. The summed E-state index contributed by atoms with van der Waals surface area (Å²) in [4.78, 5) is 0. The summed E-state index contributed by atoms with van der Waals surface area (Å²) in [5, 5.41) is 4.12. The molecule has 3 rings (SSSR count). The molecular formula is C16H14BrClFN. The second kappa shape index (κ2) is 5.74. The highest BCUT2D eigenvalue weighted by Gasteiger charge is 2.32. The lowest BCUT2D eigenvalue weighted by molar-refractivity contribution is 0.363. The average Bonchev–Trinajstić information content (AvgIpc) is 2.37. The van der Waals surface area contributed by atoms with E-state index < -0.39 is 0 Å². The Bertz CT molecular complexity index is 626. The van der Waals surface area contributed by atoms with Crippen molar-refractivity contribution in [2.45, 2.75) is 24.8 Å². The van der Waals surface area contributed by atoms with Crippen LogP contribution in [0.4, 0.5) is 10.1 Å². The van der Waals surface area contributed by atoms with Gasteiger partial charge in [0.15, 0.2) is 0 Å². The van der Waals surface area contributed by atoms with Crippen LogP contribution in [0.2, 0.25) is 5.02 Å². The second-order valence-electron chi connectivity index (χ2n) is 5.16. The van der Waals surface area contributed by atoms with Crippen LogP contribution in [0.5, 0.6) is 0 Å². The molecule has 0 amide bonds. The van der Waals surface area contributed by atoms with Gasteiger partial charge in [0.2, 0.25) is 0 Å². The Kier molecular flexibility index (Phi) is 3.99. The lowest BCUT2D eigenvalue weighted by Gasteiger charge is -2.37. The molecule has 104 valence electrons. The number of benzene rings is 2. The fourth-order valence-electron chi connectivity index (χ4n) is 2.62. The predicted molar refractivity (Wildman–Crippen MR) is 84.9 cm³/mol. The molecule has 1 nitrogen and oxygen atoms in total. The molecule has 2 aromatic carbocycles. The molecule has 0 heterocycles. The van der Waals surface area contributed by atoms with Crippen LogP contribution < -0.4 is 5.32 Å². The molecule has 0 unspecified atom stereocenters. The van der Waals surface area contributed by atoms with E-state index in [1.165, 1.54) is 6.07 Å². The van der Waals surface area contributed by atoms with Crippen molar-refractivity contribution < 1.29 is 4.39 Å². The lowest BCUT2D eigenvalue weighted by atomic mass is 9.75. The molecule has 0 bridgehead atoms. The van der Waals surface area contributed by atoms with Crippen molar-refractivity contribution in [3.8, 4) is 0 Å². The number of halogens is 3. The van der Waals surface area contributed by atoms with Crippen molar-refractivity contribution in [3.63, 3.8) is 0 Å². The molecule has 0 atom stereocenters. The topological polar surface area (TPSA) is 12.0 Å². The summed E-state index contributed by atoms with van der Waals surface area (Å²) in [6, 6.07) is 13.2. The normalized spacial score (nSPS) is 21.4. The van der Waals surface area contributed by atoms with E-state index in [1.807, 2.05) is 30.3 Å². The van der Waals surface area contributed by atoms with Crippen LogP contribution in [-0.2, 0) is 0 Å². The zero-order chi connectivity index (χ0) is 14.1. The Morgan fingerprint density at radius 1 is 1.15 bits per heavy atom. The highest BCUT2D eigenvalue weighted by atomic mass is 79.9. The number of rotatable bonds is 3. The van der Waals surface area contributed by atoms with Crippen LogP contribution in [0.15, 0.2) is 46.9 Å². The highest BCUT2D eigenvalue weighted by molar-refractivity contribution is 9.10. The standard InChI is InChI=1S/C16H14BrClFN/c17-11-5-6-16(14(18)9-11)20-12-7-10(8-12)13-3-1-2-4-15(13)19/h1-6,9-10,12,20H,7-8H2. The molecule has 1 N–H and O–H groups in total. The summed E-state index contributed by atoms with van der Waals surface area (Å²) < 4.78 is 14.6. The van der Waals surface area contributed by atoms with E-state index in [4.69, 9.17) is 11.6 Å². The van der Waals surface area contributed by atoms with Gasteiger partial charge in [0.1, 0.15) is 5.82 Å². The van der Waals surface area contributed by atoms with Gasteiger partial charge >= 0.3 is 0 Å². The Hall–Kier alpha value is -1.06. The molecule has 1 aliphatic rings. The molecule has 20 heavy (non-hydrogen) atoms. The molecule has 0 aromatic heterocycles. The van der Waals surface area contributed by atoms with Crippen LogP contribution in [0.25, 0.3) is 0 Å². The van der Waals surface area contributed by atoms with Crippen molar-refractivity contribution in [1.82, 2.24) is 0 Å². The third-order valence-corrected chi connectivity index (χ3v) is 4.58. The summed E-state index contributed by atoms with van der Waals surface area (Å²) in [6.07, 6.45) is 1.88. The van der Waals surface area contributed by atoms with Gasteiger partial charge in [-0.25, -0.2) is 4.39 Å². The minimum absolute atomic E-state index is 0.0994. The summed E-state index contributed by atoms with van der Waals surface area (Å²) in [5.74, 6) is 0.209. The van der Waals surface area contributed by atoms with Crippen molar-refractivity contribution in [3.05, 3.63) is 63.3 Å². The maximum atomic E-state index is 13.7. The van der Waals surface area contributed by atoms with Crippen LogP contribution in [0, 0.1) is 5.82 Å². The monoisotopic (exact) mass is 353 g/mol. The molecule has 2 aromatic rings. The van der Waals surface area contributed by atoms with E-state index in [1.54, 1.807) is 6.07 Å². The first-order valence-corrected chi connectivity index (χ1v) is 7.76. The summed E-state index contributed by atoms with van der Waals surface area (Å²) >= 11 is 9.57. The van der Waals surface area contributed by atoms with Crippen LogP contribution >= 0.6 is 27.5 Å². The van der Waals surface area contributed by atoms with Gasteiger partial charge < -0.3 is 5.32 Å². The van der Waals surface area contributed by atoms with Gasteiger partial charge in [-0.1, -0.05) is 45.7 Å². The summed E-state index contributed by atoms with van der Waals surface area (Å²) in [6.45, 7) is 0. The third kappa shape index (κ3) is 2.84. The van der Waals surface area contributed by atoms with Crippen LogP contribution in [-0.4, -0.2) is 6.04 Å². The Morgan fingerprint density at radius 2 is 1.90 bits per heavy atom. The van der Waals surface area contributed by atoms with E-state index >= 15 is 0 Å². The molecule has 0 radical (unpaired) electrons. The Balaban J connectivity index is 1.62. The first-order chi connectivity index (χ1) is 9.63. The van der Waals surface area contributed by atoms with E-state index in [-0.39, 0.29) is 5.82 Å². The first-order valence-electron chi connectivity index (χ1n) is 6.59. The quantitative estimate of drug-likeness (QED) is 0.756. The Labute approximate surface area is 131 Å². The minimum Gasteiger partial charge on any atom is -0.381 e. The largest absolute Gasteiger partial charge is 0.381 e. The number of hydrogen-bond donors (Lipinski definition) is 1. The zero-order valence-corrected chi connectivity index (χ0v) is 13.1. The van der Waals surface area contributed by atoms with Crippen molar-refractivity contribution in [2.24, 2.45) is 0 Å². The van der Waals surface area contributed by atoms with Crippen LogP contribution in [0.1, 0.15) is 24.3 Å². The molecule has 1 aliphatic carbocycles.